The molecule has 1 rings (SSSR count). The number of nitrogens with one attached hydrogen (secondary N) is 1. The van der Waals surface area contributed by atoms with Crippen molar-refractivity contribution in [3.8, 4) is 0 Å². The summed E-state index contributed by atoms with van der Waals surface area (Å²) in [5, 5.41) is 10.8. The molecule has 0 atom stereocenters. The standard InChI is InChI=1S/C11H12BrF3N2O2/c1-17(4-5-18)10(19)16-9-3-2-7(12)6-8(9)11(13,14)15/h2-3,6,18H,4-5H2,1H3,(H,16,19). The molecule has 0 radical (unpaired) electrons. The maximum absolute atomic E-state index is 12.8. The Morgan fingerprint density at radius 2 is 2.11 bits per heavy atom. The third kappa shape index (κ3) is 4.39. The molecule has 8 heteroatoms. The molecule has 0 aliphatic carbocycles. The predicted molar refractivity (Wildman–Crippen MR) is 67.9 cm³/mol. The second kappa shape index (κ2) is 6.25. The van der Waals surface area contributed by atoms with Gasteiger partial charge in [0.25, 0.3) is 0 Å². The maximum Gasteiger partial charge on any atom is 0.418 e. The van der Waals surface area contributed by atoms with Gasteiger partial charge in [-0.2, -0.15) is 13.2 Å². The number of anilines is 1. The number of carbonyl (C=O) groups is 1. The molecular formula is C11H12BrF3N2O2. The van der Waals surface area contributed by atoms with Crippen LogP contribution in [0.25, 0.3) is 0 Å². The minimum Gasteiger partial charge on any atom is -0.395 e. The second-order valence-corrected chi connectivity index (χ2v) is 4.68. The van der Waals surface area contributed by atoms with Crippen LogP contribution in [0.3, 0.4) is 0 Å². The quantitative estimate of drug-likeness (QED) is 0.888. The third-order valence-corrected chi connectivity index (χ3v) is 2.80. The Balaban J connectivity index is 2.98. The van der Waals surface area contributed by atoms with Gasteiger partial charge in [0.1, 0.15) is 0 Å². The third-order valence-electron chi connectivity index (χ3n) is 2.31. The summed E-state index contributed by atoms with van der Waals surface area (Å²) in [5.74, 6) is 0. The summed E-state index contributed by atoms with van der Waals surface area (Å²) < 4.78 is 38.7. The van der Waals surface area contributed by atoms with Crippen LogP contribution in [0.5, 0.6) is 0 Å². The molecule has 4 nitrogen and oxygen atoms in total. The number of likely N-dealkylation sites (N-methyl/N-ethyl adjacent to an activating group) is 1. The largest absolute Gasteiger partial charge is 0.418 e. The van der Waals surface area contributed by atoms with Crippen molar-refractivity contribution in [1.82, 2.24) is 4.90 Å². The van der Waals surface area contributed by atoms with Gasteiger partial charge in [0, 0.05) is 18.1 Å². The van der Waals surface area contributed by atoms with E-state index in [1.807, 2.05) is 0 Å². The minimum atomic E-state index is -4.57. The lowest BCUT2D eigenvalue weighted by Crippen LogP contribution is -2.34. The number of carbonyl (C=O) groups excluding carboxylic acids is 1. The number of hydrogen-bond donors (Lipinski definition) is 2. The Morgan fingerprint density at radius 3 is 2.63 bits per heavy atom. The van der Waals surface area contributed by atoms with E-state index in [9.17, 15) is 18.0 Å². The van der Waals surface area contributed by atoms with Crippen LogP contribution in [0.15, 0.2) is 22.7 Å². The lowest BCUT2D eigenvalue weighted by Gasteiger charge is -2.19. The van der Waals surface area contributed by atoms with Gasteiger partial charge in [-0.15, -0.1) is 0 Å². The van der Waals surface area contributed by atoms with Gasteiger partial charge in [0.05, 0.1) is 17.9 Å². The first kappa shape index (κ1) is 15.8. The minimum absolute atomic E-state index is 0.0315. The Hall–Kier alpha value is -1.28. The molecular weight excluding hydrogens is 329 g/mol. The van der Waals surface area contributed by atoms with Crippen molar-refractivity contribution >= 4 is 27.6 Å². The summed E-state index contributed by atoms with van der Waals surface area (Å²) in [5.41, 5.74) is -1.27. The molecule has 0 fully saturated rings. The lowest BCUT2D eigenvalue weighted by atomic mass is 10.1. The fraction of sp³-hybridized carbons (Fsp3) is 0.364. The van der Waals surface area contributed by atoms with Gasteiger partial charge < -0.3 is 15.3 Å². The molecule has 0 spiro atoms. The van der Waals surface area contributed by atoms with Gasteiger partial charge in [0.2, 0.25) is 0 Å². The molecule has 1 aromatic rings. The number of aliphatic hydroxyl groups excluding tert-OH is 1. The van der Waals surface area contributed by atoms with E-state index in [2.05, 4.69) is 21.2 Å². The molecule has 0 aliphatic heterocycles. The molecule has 0 heterocycles. The smallest absolute Gasteiger partial charge is 0.395 e. The summed E-state index contributed by atoms with van der Waals surface area (Å²) in [6.45, 7) is -0.236. The molecule has 0 aromatic heterocycles. The normalized spacial score (nSPS) is 11.3. The molecule has 0 aliphatic rings. The second-order valence-electron chi connectivity index (χ2n) is 3.76. The number of nitrogens with zero attached hydrogens (tertiary/aromatic N) is 1. The van der Waals surface area contributed by atoms with Crippen LogP contribution in [0, 0.1) is 0 Å². The maximum atomic E-state index is 12.8. The van der Waals surface area contributed by atoms with Crippen molar-refractivity contribution < 1.29 is 23.1 Å². The van der Waals surface area contributed by atoms with Crippen LogP contribution >= 0.6 is 15.9 Å². The zero-order valence-electron chi connectivity index (χ0n) is 9.96. The van der Waals surface area contributed by atoms with E-state index in [0.717, 1.165) is 17.0 Å². The Bertz CT molecular complexity index is 466. The van der Waals surface area contributed by atoms with Gasteiger partial charge in [-0.1, -0.05) is 15.9 Å². The predicted octanol–water partition coefficient (Wildman–Crippen LogP) is 2.92. The summed E-state index contributed by atoms with van der Waals surface area (Å²) in [6, 6.07) is 2.73. The highest BCUT2D eigenvalue weighted by Crippen LogP contribution is 2.36. The fourth-order valence-corrected chi connectivity index (χ4v) is 1.68. The Kier molecular flexibility index (Phi) is 5.19. The van der Waals surface area contributed by atoms with Gasteiger partial charge in [0.15, 0.2) is 0 Å². The Labute approximate surface area is 116 Å². The van der Waals surface area contributed by atoms with E-state index < -0.39 is 17.8 Å². The molecule has 0 bridgehead atoms. The van der Waals surface area contributed by atoms with Crippen LogP contribution in [0.2, 0.25) is 0 Å². The van der Waals surface area contributed by atoms with Gasteiger partial charge in [-0.3, -0.25) is 0 Å². The van der Waals surface area contributed by atoms with E-state index in [4.69, 9.17) is 5.11 Å². The monoisotopic (exact) mass is 340 g/mol. The highest BCUT2D eigenvalue weighted by molar-refractivity contribution is 9.10. The van der Waals surface area contributed by atoms with Crippen molar-refractivity contribution in [1.29, 1.82) is 0 Å². The molecule has 0 saturated carbocycles. The molecule has 19 heavy (non-hydrogen) atoms. The summed E-state index contributed by atoms with van der Waals surface area (Å²) >= 11 is 2.95. The zero-order chi connectivity index (χ0) is 14.6. The SMILES string of the molecule is CN(CCO)C(=O)Nc1ccc(Br)cc1C(F)(F)F. The van der Waals surface area contributed by atoms with E-state index >= 15 is 0 Å². The van der Waals surface area contributed by atoms with Crippen molar-refractivity contribution in [2.45, 2.75) is 6.18 Å². The summed E-state index contributed by atoms with van der Waals surface area (Å²) in [7, 11) is 1.37. The molecule has 0 unspecified atom stereocenters. The molecule has 2 amide bonds. The number of aliphatic hydroxyl groups is 1. The number of rotatable bonds is 3. The number of alkyl halides is 3. The van der Waals surface area contributed by atoms with E-state index in [1.165, 1.54) is 13.1 Å². The zero-order valence-corrected chi connectivity index (χ0v) is 11.5. The van der Waals surface area contributed by atoms with Crippen LogP contribution in [0.4, 0.5) is 23.7 Å². The highest BCUT2D eigenvalue weighted by Gasteiger charge is 2.34. The van der Waals surface area contributed by atoms with Crippen LogP contribution < -0.4 is 5.32 Å². The first-order valence-corrected chi connectivity index (χ1v) is 6.04. The highest BCUT2D eigenvalue weighted by atomic mass is 79.9. The molecule has 0 saturated heterocycles. The van der Waals surface area contributed by atoms with Gasteiger partial charge in [-0.25, -0.2) is 4.79 Å². The molecule has 106 valence electrons. The van der Waals surface area contributed by atoms with Crippen molar-refractivity contribution in [2.75, 3.05) is 25.5 Å². The molecule has 2 N–H and O–H groups in total. The van der Waals surface area contributed by atoms with E-state index in [0.29, 0.717) is 0 Å². The number of urea groups is 1. The van der Waals surface area contributed by atoms with Crippen LogP contribution in [0.1, 0.15) is 5.56 Å². The van der Waals surface area contributed by atoms with Crippen molar-refractivity contribution in [3.63, 3.8) is 0 Å². The average Bonchev–Trinajstić information content (AvgIpc) is 2.30. The van der Waals surface area contributed by atoms with Crippen molar-refractivity contribution in [3.05, 3.63) is 28.2 Å². The van der Waals surface area contributed by atoms with Gasteiger partial charge in [-0.05, 0) is 18.2 Å². The van der Waals surface area contributed by atoms with E-state index in [-0.39, 0.29) is 23.3 Å². The number of benzene rings is 1. The van der Waals surface area contributed by atoms with Gasteiger partial charge >= 0.3 is 12.2 Å². The van der Waals surface area contributed by atoms with Crippen LogP contribution in [-0.4, -0.2) is 36.2 Å². The summed E-state index contributed by atoms with van der Waals surface area (Å²) in [4.78, 5) is 12.7. The first-order chi connectivity index (χ1) is 8.75. The van der Waals surface area contributed by atoms with Crippen LogP contribution in [-0.2, 0) is 6.18 Å². The lowest BCUT2D eigenvalue weighted by molar-refractivity contribution is -0.137. The first-order valence-electron chi connectivity index (χ1n) is 5.25. The number of halogens is 4. The fourth-order valence-electron chi connectivity index (χ4n) is 1.32. The number of amides is 2. The topological polar surface area (TPSA) is 52.6 Å². The Morgan fingerprint density at radius 1 is 1.47 bits per heavy atom. The molecule has 1 aromatic carbocycles. The van der Waals surface area contributed by atoms with Crippen molar-refractivity contribution in [2.24, 2.45) is 0 Å². The number of hydrogen-bond acceptors (Lipinski definition) is 2. The van der Waals surface area contributed by atoms with E-state index in [1.54, 1.807) is 0 Å². The average molecular weight is 341 g/mol. The summed E-state index contributed by atoms with van der Waals surface area (Å²) in [6.07, 6.45) is -4.57.